The highest BCUT2D eigenvalue weighted by atomic mass is 35.5. The Morgan fingerprint density at radius 3 is 2.90 bits per heavy atom. The van der Waals surface area contributed by atoms with Crippen LogP contribution in [0.15, 0.2) is 23.6 Å². The quantitative estimate of drug-likeness (QED) is 0.476. The highest BCUT2D eigenvalue weighted by molar-refractivity contribution is 7.09. The van der Waals surface area contributed by atoms with Crippen molar-refractivity contribution in [2.75, 3.05) is 0 Å². The molecule has 0 atom stereocenters. The monoisotopic (exact) mass is 326 g/mol. The summed E-state index contributed by atoms with van der Waals surface area (Å²) in [6, 6.07) is 3.79. The molecule has 110 valence electrons. The molecule has 2 rings (SSSR count). The summed E-state index contributed by atoms with van der Waals surface area (Å²) < 4.78 is 5.09. The molecule has 0 saturated carbocycles. The van der Waals surface area contributed by atoms with Crippen molar-refractivity contribution in [3.05, 3.63) is 55.0 Å². The summed E-state index contributed by atoms with van der Waals surface area (Å²) in [5, 5.41) is 13.5. The Balaban J connectivity index is 2.06. The van der Waals surface area contributed by atoms with E-state index in [1.54, 1.807) is 0 Å². The van der Waals surface area contributed by atoms with Crippen molar-refractivity contribution in [1.29, 1.82) is 0 Å². The number of hydrogen-bond donors (Lipinski definition) is 0. The van der Waals surface area contributed by atoms with E-state index in [9.17, 15) is 14.9 Å². The lowest BCUT2D eigenvalue weighted by atomic mass is 10.2. The molecule has 6 nitrogen and oxygen atoms in total. The third kappa shape index (κ3) is 3.77. The van der Waals surface area contributed by atoms with Gasteiger partial charge in [0.1, 0.15) is 11.6 Å². The molecule has 0 fully saturated rings. The molecule has 0 aliphatic rings. The number of hydrogen-bond acceptors (Lipinski definition) is 6. The number of carbonyl (C=O) groups is 1. The van der Waals surface area contributed by atoms with Gasteiger partial charge in [-0.15, -0.1) is 11.3 Å². The van der Waals surface area contributed by atoms with Gasteiger partial charge in [-0.1, -0.05) is 18.5 Å². The van der Waals surface area contributed by atoms with Crippen LogP contribution in [0.1, 0.15) is 28.0 Å². The first kappa shape index (κ1) is 15.4. The molecule has 0 aliphatic heterocycles. The van der Waals surface area contributed by atoms with Crippen molar-refractivity contribution >= 4 is 34.6 Å². The van der Waals surface area contributed by atoms with Gasteiger partial charge in [-0.2, -0.15) is 0 Å². The molecule has 1 heterocycles. The number of halogens is 1. The Morgan fingerprint density at radius 1 is 1.52 bits per heavy atom. The van der Waals surface area contributed by atoms with Crippen LogP contribution in [0.5, 0.6) is 0 Å². The molecule has 0 N–H and O–H groups in total. The van der Waals surface area contributed by atoms with Crippen LogP contribution in [0.4, 0.5) is 5.69 Å². The summed E-state index contributed by atoms with van der Waals surface area (Å²) in [5.41, 5.74) is 0.416. The molecule has 2 aromatic rings. The summed E-state index contributed by atoms with van der Waals surface area (Å²) in [5.74, 6) is -0.652. The van der Waals surface area contributed by atoms with E-state index in [0.717, 1.165) is 17.5 Å². The lowest BCUT2D eigenvalue weighted by Crippen LogP contribution is -2.06. The van der Waals surface area contributed by atoms with Crippen molar-refractivity contribution in [2.45, 2.75) is 20.0 Å². The number of esters is 1. The zero-order chi connectivity index (χ0) is 15.4. The molecule has 0 amide bonds. The summed E-state index contributed by atoms with van der Waals surface area (Å²) in [6.45, 7) is 2.02. The maximum atomic E-state index is 11.9. The number of thiazole rings is 1. The van der Waals surface area contributed by atoms with E-state index < -0.39 is 10.9 Å². The fraction of sp³-hybridized carbons (Fsp3) is 0.231. The smallest absolute Gasteiger partial charge is 0.338 e. The molecular formula is C13H11ClN2O4S. The molecule has 0 saturated heterocycles. The topological polar surface area (TPSA) is 82.3 Å². The number of aryl methyl sites for hydroxylation is 1. The fourth-order valence-electron chi connectivity index (χ4n) is 1.58. The zero-order valence-corrected chi connectivity index (χ0v) is 12.6. The minimum atomic E-state index is -0.652. The van der Waals surface area contributed by atoms with Crippen LogP contribution in [0.3, 0.4) is 0 Å². The van der Waals surface area contributed by atoms with Gasteiger partial charge in [0.2, 0.25) is 0 Å². The van der Waals surface area contributed by atoms with E-state index in [0.29, 0.717) is 5.69 Å². The third-order valence-corrected chi connectivity index (χ3v) is 3.99. The Morgan fingerprint density at radius 2 is 2.29 bits per heavy atom. The number of nitrogens with zero attached hydrogens (tertiary/aromatic N) is 2. The van der Waals surface area contributed by atoms with Gasteiger partial charge in [-0.25, -0.2) is 9.78 Å². The predicted octanol–water partition coefficient (Wildman–Crippen LogP) is 3.62. The number of ether oxygens (including phenoxy) is 1. The SMILES string of the molecule is CCc1nc(COC(=O)c2ccc(Cl)c([N+](=O)[O-])c2)cs1. The molecule has 8 heteroatoms. The molecule has 21 heavy (non-hydrogen) atoms. The largest absolute Gasteiger partial charge is 0.456 e. The van der Waals surface area contributed by atoms with Crippen LogP contribution in [0.25, 0.3) is 0 Å². The van der Waals surface area contributed by atoms with Crippen LogP contribution in [-0.2, 0) is 17.8 Å². The second-order valence-corrected chi connectivity index (χ2v) is 5.44. The van der Waals surface area contributed by atoms with Crippen LogP contribution in [-0.4, -0.2) is 15.9 Å². The molecule has 0 unspecified atom stereocenters. The van der Waals surface area contributed by atoms with Gasteiger partial charge < -0.3 is 4.74 Å². The van der Waals surface area contributed by atoms with Crippen LogP contribution in [0.2, 0.25) is 5.02 Å². The van der Waals surface area contributed by atoms with E-state index in [1.165, 1.54) is 23.5 Å². The second kappa shape index (κ2) is 6.64. The number of carbonyl (C=O) groups excluding carboxylic acids is 1. The van der Waals surface area contributed by atoms with Crippen molar-refractivity contribution in [2.24, 2.45) is 0 Å². The number of benzene rings is 1. The van der Waals surface area contributed by atoms with Gasteiger partial charge in [0.05, 0.1) is 21.2 Å². The van der Waals surface area contributed by atoms with Gasteiger partial charge in [-0.05, 0) is 18.6 Å². The van der Waals surface area contributed by atoms with Crippen molar-refractivity contribution in [3.63, 3.8) is 0 Å². The Hall–Kier alpha value is -1.99. The van der Waals surface area contributed by atoms with E-state index >= 15 is 0 Å². The second-order valence-electron chi connectivity index (χ2n) is 4.09. The summed E-state index contributed by atoms with van der Waals surface area (Å²) in [6.07, 6.45) is 0.821. The van der Waals surface area contributed by atoms with E-state index in [4.69, 9.17) is 16.3 Å². The third-order valence-electron chi connectivity index (χ3n) is 2.63. The van der Waals surface area contributed by atoms with Gasteiger partial charge in [0.25, 0.3) is 5.69 Å². The number of rotatable bonds is 5. The van der Waals surface area contributed by atoms with Gasteiger partial charge >= 0.3 is 5.97 Å². The standard InChI is InChI=1S/C13H11ClN2O4S/c1-2-12-15-9(7-21-12)6-20-13(17)8-3-4-10(14)11(5-8)16(18)19/h3-5,7H,2,6H2,1H3. The Kier molecular flexibility index (Phi) is 4.87. The maximum Gasteiger partial charge on any atom is 0.338 e. The minimum absolute atomic E-state index is 0.0244. The Bertz CT molecular complexity index is 687. The minimum Gasteiger partial charge on any atom is -0.456 e. The molecule has 0 spiro atoms. The van der Waals surface area contributed by atoms with Crippen LogP contribution < -0.4 is 0 Å². The molecule has 0 radical (unpaired) electrons. The predicted molar refractivity (Wildman–Crippen MR) is 78.7 cm³/mol. The van der Waals surface area contributed by atoms with E-state index in [-0.39, 0.29) is 22.9 Å². The Labute approximate surface area is 129 Å². The first-order valence-corrected chi connectivity index (χ1v) is 7.31. The lowest BCUT2D eigenvalue weighted by Gasteiger charge is -2.03. The fourth-order valence-corrected chi connectivity index (χ4v) is 2.50. The van der Waals surface area contributed by atoms with Crippen LogP contribution >= 0.6 is 22.9 Å². The van der Waals surface area contributed by atoms with Gasteiger partial charge in [-0.3, -0.25) is 10.1 Å². The van der Waals surface area contributed by atoms with Crippen LogP contribution in [0, 0.1) is 10.1 Å². The molecule has 1 aromatic carbocycles. The average molecular weight is 327 g/mol. The first-order chi connectivity index (χ1) is 10.0. The summed E-state index contributed by atoms with van der Waals surface area (Å²) in [4.78, 5) is 26.3. The van der Waals surface area contributed by atoms with Crippen molar-refractivity contribution < 1.29 is 14.5 Å². The molecule has 0 bridgehead atoms. The summed E-state index contributed by atoms with van der Waals surface area (Å²) in [7, 11) is 0. The van der Waals surface area contributed by atoms with E-state index in [1.807, 2.05) is 12.3 Å². The number of nitro groups is 1. The molecular weight excluding hydrogens is 316 g/mol. The highest BCUT2D eigenvalue weighted by Gasteiger charge is 2.17. The number of nitro benzene ring substituents is 1. The number of aromatic nitrogens is 1. The average Bonchev–Trinajstić information content (AvgIpc) is 2.93. The summed E-state index contributed by atoms with van der Waals surface area (Å²) >= 11 is 7.18. The van der Waals surface area contributed by atoms with Crippen molar-refractivity contribution in [1.82, 2.24) is 4.98 Å². The normalized spacial score (nSPS) is 10.4. The van der Waals surface area contributed by atoms with Crippen molar-refractivity contribution in [3.8, 4) is 0 Å². The van der Waals surface area contributed by atoms with Gasteiger partial charge in [0, 0.05) is 11.4 Å². The molecule has 1 aromatic heterocycles. The highest BCUT2D eigenvalue weighted by Crippen LogP contribution is 2.25. The zero-order valence-electron chi connectivity index (χ0n) is 11.0. The lowest BCUT2D eigenvalue weighted by molar-refractivity contribution is -0.384. The molecule has 0 aliphatic carbocycles. The van der Waals surface area contributed by atoms with E-state index in [2.05, 4.69) is 4.98 Å². The van der Waals surface area contributed by atoms with Gasteiger partial charge in [0.15, 0.2) is 0 Å². The first-order valence-electron chi connectivity index (χ1n) is 6.05. The maximum absolute atomic E-state index is 11.9.